The van der Waals surface area contributed by atoms with Gasteiger partial charge in [0.15, 0.2) is 0 Å². The minimum absolute atomic E-state index is 0. The highest BCUT2D eigenvalue weighted by atomic mass is 35.5. The number of halogens is 1. The molecule has 2 aromatic carbocycles. The Morgan fingerprint density at radius 1 is 1.12 bits per heavy atom. The van der Waals surface area contributed by atoms with Gasteiger partial charge >= 0.3 is 0 Å². The van der Waals surface area contributed by atoms with Crippen molar-refractivity contribution in [2.75, 3.05) is 11.9 Å². The summed E-state index contributed by atoms with van der Waals surface area (Å²) >= 11 is 0. The fourth-order valence-corrected chi connectivity index (χ4v) is 2.92. The van der Waals surface area contributed by atoms with Gasteiger partial charge < -0.3 is 10.3 Å². The molecule has 0 unspecified atom stereocenters. The second kappa shape index (κ2) is 7.36. The number of H-pyrrole nitrogens is 1. The van der Waals surface area contributed by atoms with E-state index in [9.17, 15) is 10.1 Å². The number of aromatic nitrogens is 1. The number of nitrogens with one attached hydrogen (secondary N) is 2. The molecule has 0 aliphatic heterocycles. The number of nitro groups is 1. The lowest BCUT2D eigenvalue weighted by molar-refractivity contribution is -0.384. The maximum absolute atomic E-state index is 10.9. The number of aryl methyl sites for hydroxylation is 2. The van der Waals surface area contributed by atoms with E-state index < -0.39 is 0 Å². The van der Waals surface area contributed by atoms with Crippen LogP contribution in [0, 0.1) is 24.0 Å². The van der Waals surface area contributed by atoms with Gasteiger partial charge in [0.2, 0.25) is 0 Å². The molecule has 0 radical (unpaired) electrons. The lowest BCUT2D eigenvalue weighted by Crippen LogP contribution is -2.04. The molecule has 3 aromatic rings. The highest BCUT2D eigenvalue weighted by Crippen LogP contribution is 2.27. The molecule has 0 spiro atoms. The first kappa shape index (κ1) is 17.8. The largest absolute Gasteiger partial charge is 0.383 e. The van der Waals surface area contributed by atoms with Crippen LogP contribution in [-0.2, 0) is 6.42 Å². The predicted octanol–water partition coefficient (Wildman–Crippen LogP) is 4.77. The fourth-order valence-electron chi connectivity index (χ4n) is 2.92. The molecule has 0 amide bonds. The summed E-state index contributed by atoms with van der Waals surface area (Å²) in [5.74, 6) is 0. The Morgan fingerprint density at radius 3 is 2.50 bits per heavy atom. The van der Waals surface area contributed by atoms with E-state index in [-0.39, 0.29) is 23.0 Å². The normalized spacial score (nSPS) is 10.4. The van der Waals surface area contributed by atoms with Gasteiger partial charge in [0.05, 0.1) is 10.6 Å². The average Bonchev–Trinajstić information content (AvgIpc) is 2.89. The van der Waals surface area contributed by atoms with Crippen molar-refractivity contribution in [3.8, 4) is 0 Å². The van der Waals surface area contributed by atoms with Crippen molar-refractivity contribution in [2.24, 2.45) is 0 Å². The third-order valence-corrected chi connectivity index (χ3v) is 3.89. The minimum Gasteiger partial charge on any atom is -0.383 e. The van der Waals surface area contributed by atoms with Gasteiger partial charge in [-0.15, -0.1) is 12.4 Å². The summed E-state index contributed by atoms with van der Waals surface area (Å²) < 4.78 is 0. The van der Waals surface area contributed by atoms with Crippen molar-refractivity contribution < 1.29 is 4.92 Å². The van der Waals surface area contributed by atoms with Crippen molar-refractivity contribution in [2.45, 2.75) is 20.3 Å². The molecule has 6 heteroatoms. The Kier molecular flexibility index (Phi) is 5.46. The molecule has 1 heterocycles. The summed E-state index contributed by atoms with van der Waals surface area (Å²) in [6.07, 6.45) is 2.76. The average molecular weight is 346 g/mol. The van der Waals surface area contributed by atoms with Crippen molar-refractivity contribution in [3.63, 3.8) is 0 Å². The maximum atomic E-state index is 10.9. The Morgan fingerprint density at radius 2 is 1.83 bits per heavy atom. The number of anilines is 1. The summed E-state index contributed by atoms with van der Waals surface area (Å²) in [6, 6.07) is 11.4. The van der Waals surface area contributed by atoms with Crippen LogP contribution in [0.25, 0.3) is 10.9 Å². The molecule has 2 N–H and O–H groups in total. The summed E-state index contributed by atoms with van der Waals surface area (Å²) in [4.78, 5) is 13.7. The van der Waals surface area contributed by atoms with Gasteiger partial charge in [-0.3, -0.25) is 10.1 Å². The van der Waals surface area contributed by atoms with Gasteiger partial charge in [-0.25, -0.2) is 0 Å². The number of hydrogen-bond acceptors (Lipinski definition) is 3. The molecule has 0 bridgehead atoms. The van der Waals surface area contributed by atoms with Crippen molar-refractivity contribution in [1.82, 2.24) is 4.98 Å². The Balaban J connectivity index is 0.00000208. The number of aromatic amines is 1. The number of hydrogen-bond donors (Lipinski definition) is 2. The lowest BCUT2D eigenvalue weighted by atomic mass is 10.1. The lowest BCUT2D eigenvalue weighted by Gasteiger charge is -2.07. The first-order valence-electron chi connectivity index (χ1n) is 7.59. The first-order valence-corrected chi connectivity index (χ1v) is 7.59. The third kappa shape index (κ3) is 3.86. The van der Waals surface area contributed by atoms with Crippen LogP contribution in [0.15, 0.2) is 42.6 Å². The van der Waals surface area contributed by atoms with Crippen molar-refractivity contribution in [1.29, 1.82) is 0 Å². The molecule has 0 aliphatic carbocycles. The molecular formula is C18H20ClN3O2. The monoisotopic (exact) mass is 345 g/mol. The van der Waals surface area contributed by atoms with E-state index in [2.05, 4.69) is 42.3 Å². The molecule has 0 aliphatic rings. The first-order chi connectivity index (χ1) is 11.0. The fraction of sp³-hybridized carbons (Fsp3) is 0.222. The zero-order chi connectivity index (χ0) is 16.4. The van der Waals surface area contributed by atoms with E-state index in [1.807, 2.05) is 6.20 Å². The molecule has 1 aromatic heterocycles. The topological polar surface area (TPSA) is 71.0 Å². The Labute approximate surface area is 146 Å². The van der Waals surface area contributed by atoms with Gasteiger partial charge in [0, 0.05) is 35.8 Å². The highest BCUT2D eigenvalue weighted by molar-refractivity contribution is 5.93. The summed E-state index contributed by atoms with van der Waals surface area (Å²) in [5.41, 5.74) is 5.72. The van der Waals surface area contributed by atoms with E-state index >= 15 is 0 Å². The SMILES string of the molecule is Cc1cc(C)cc(CCNc2c[nH]c3ccc([N+](=O)[O-])cc23)c1.Cl. The maximum Gasteiger partial charge on any atom is 0.270 e. The predicted molar refractivity (Wildman–Crippen MR) is 100 cm³/mol. The van der Waals surface area contributed by atoms with E-state index in [1.165, 1.54) is 22.8 Å². The Hall–Kier alpha value is -2.53. The van der Waals surface area contributed by atoms with Gasteiger partial charge in [-0.05, 0) is 31.9 Å². The van der Waals surface area contributed by atoms with Crippen LogP contribution < -0.4 is 5.32 Å². The third-order valence-electron chi connectivity index (χ3n) is 3.89. The number of rotatable bonds is 5. The van der Waals surface area contributed by atoms with Crippen LogP contribution in [0.5, 0.6) is 0 Å². The summed E-state index contributed by atoms with van der Waals surface area (Å²) in [6.45, 7) is 4.98. The molecule has 3 rings (SSSR count). The summed E-state index contributed by atoms with van der Waals surface area (Å²) in [7, 11) is 0. The second-order valence-electron chi connectivity index (χ2n) is 5.86. The number of non-ortho nitro benzene ring substituents is 1. The van der Waals surface area contributed by atoms with Gasteiger partial charge in [0.25, 0.3) is 5.69 Å². The van der Waals surface area contributed by atoms with Crippen LogP contribution >= 0.6 is 12.4 Å². The molecule has 0 fully saturated rings. The molecule has 0 saturated heterocycles. The number of nitro benzene ring substituents is 1. The molecule has 24 heavy (non-hydrogen) atoms. The highest BCUT2D eigenvalue weighted by Gasteiger charge is 2.10. The molecule has 0 atom stereocenters. The zero-order valence-electron chi connectivity index (χ0n) is 13.6. The van der Waals surface area contributed by atoms with Crippen LogP contribution in [-0.4, -0.2) is 16.5 Å². The zero-order valence-corrected chi connectivity index (χ0v) is 14.4. The van der Waals surface area contributed by atoms with Crippen LogP contribution in [0.3, 0.4) is 0 Å². The molecule has 126 valence electrons. The molecule has 5 nitrogen and oxygen atoms in total. The van der Waals surface area contributed by atoms with Crippen molar-refractivity contribution in [3.05, 3.63) is 69.4 Å². The smallest absolute Gasteiger partial charge is 0.270 e. The Bertz CT molecular complexity index is 854. The second-order valence-corrected chi connectivity index (χ2v) is 5.86. The quantitative estimate of drug-likeness (QED) is 0.517. The van der Waals surface area contributed by atoms with Gasteiger partial charge in [-0.1, -0.05) is 29.3 Å². The van der Waals surface area contributed by atoms with E-state index in [0.717, 1.165) is 29.6 Å². The number of benzene rings is 2. The van der Waals surface area contributed by atoms with Crippen LogP contribution in [0.1, 0.15) is 16.7 Å². The van der Waals surface area contributed by atoms with Crippen LogP contribution in [0.4, 0.5) is 11.4 Å². The standard InChI is InChI=1S/C18H19N3O2.ClH/c1-12-7-13(2)9-14(8-12)5-6-19-18-11-20-17-4-3-15(21(22)23)10-16(17)18;/h3-4,7-11,19-20H,5-6H2,1-2H3;1H. The van der Waals surface area contributed by atoms with E-state index in [0.29, 0.717) is 0 Å². The van der Waals surface area contributed by atoms with Gasteiger partial charge in [-0.2, -0.15) is 0 Å². The van der Waals surface area contributed by atoms with E-state index in [4.69, 9.17) is 0 Å². The minimum atomic E-state index is -0.369. The summed E-state index contributed by atoms with van der Waals surface area (Å²) in [5, 5.41) is 15.1. The van der Waals surface area contributed by atoms with Gasteiger partial charge in [0.1, 0.15) is 0 Å². The van der Waals surface area contributed by atoms with Crippen molar-refractivity contribution >= 4 is 34.7 Å². The number of nitrogens with zero attached hydrogens (tertiary/aromatic N) is 1. The van der Waals surface area contributed by atoms with E-state index in [1.54, 1.807) is 12.1 Å². The van der Waals surface area contributed by atoms with Crippen LogP contribution in [0.2, 0.25) is 0 Å². The number of fused-ring (bicyclic) bond motifs is 1. The molecular weight excluding hydrogens is 326 g/mol. The molecule has 0 saturated carbocycles.